The number of hydrogen-bond acceptors (Lipinski definition) is 5. The maximum atomic E-state index is 13.6. The highest BCUT2D eigenvalue weighted by Gasteiger charge is 2.38. The number of hydrogen-bond donors (Lipinski definition) is 2. The van der Waals surface area contributed by atoms with E-state index in [1.54, 1.807) is 29.2 Å². The molecule has 0 spiro atoms. The lowest BCUT2D eigenvalue weighted by atomic mass is 10.0. The molecular weight excluding hydrogens is 490 g/mol. The van der Waals surface area contributed by atoms with Crippen molar-refractivity contribution in [2.24, 2.45) is 0 Å². The summed E-state index contributed by atoms with van der Waals surface area (Å²) in [6.07, 6.45) is -0.164. The lowest BCUT2D eigenvalue weighted by molar-refractivity contribution is -0.144. The molecule has 0 radical (unpaired) electrons. The normalized spacial score (nSPS) is 16.2. The van der Waals surface area contributed by atoms with Gasteiger partial charge in [-0.3, -0.25) is 19.2 Å². The number of thiophene rings is 1. The van der Waals surface area contributed by atoms with Gasteiger partial charge in [-0.25, -0.2) is 0 Å². The number of aliphatic carboxylic acids is 1. The summed E-state index contributed by atoms with van der Waals surface area (Å²) in [5.41, 5.74) is 2.29. The Morgan fingerprint density at radius 2 is 1.81 bits per heavy atom. The van der Waals surface area contributed by atoms with E-state index < -0.39 is 24.0 Å². The van der Waals surface area contributed by atoms with E-state index in [9.17, 15) is 24.3 Å². The van der Waals surface area contributed by atoms with Gasteiger partial charge in [-0.1, -0.05) is 54.1 Å². The topological polar surface area (TPSA) is 107 Å². The smallest absolute Gasteiger partial charge is 0.305 e. The molecule has 1 aliphatic rings. The van der Waals surface area contributed by atoms with Crippen LogP contribution in [0.5, 0.6) is 0 Å². The molecular formula is C28H29N3O5S. The average Bonchev–Trinajstić information content (AvgIpc) is 3.43. The molecule has 1 aliphatic heterocycles. The third kappa shape index (κ3) is 6.62. The van der Waals surface area contributed by atoms with Gasteiger partial charge in [-0.15, -0.1) is 11.3 Å². The average molecular weight is 520 g/mol. The summed E-state index contributed by atoms with van der Waals surface area (Å²) in [6.45, 7) is 2.41. The van der Waals surface area contributed by atoms with Gasteiger partial charge in [0.25, 0.3) is 5.91 Å². The van der Waals surface area contributed by atoms with Crippen LogP contribution in [0.3, 0.4) is 0 Å². The summed E-state index contributed by atoms with van der Waals surface area (Å²) in [5, 5.41) is 14.1. The van der Waals surface area contributed by atoms with E-state index in [1.165, 1.54) is 16.2 Å². The van der Waals surface area contributed by atoms with E-state index >= 15 is 0 Å². The van der Waals surface area contributed by atoms with Crippen molar-refractivity contribution in [1.82, 2.24) is 15.1 Å². The monoisotopic (exact) mass is 519 g/mol. The number of aryl methyl sites for hydroxylation is 1. The predicted molar refractivity (Wildman–Crippen MR) is 140 cm³/mol. The van der Waals surface area contributed by atoms with Gasteiger partial charge < -0.3 is 20.2 Å². The number of nitrogens with zero attached hydrogens (tertiary/aromatic N) is 2. The second-order valence-electron chi connectivity index (χ2n) is 9.06. The minimum atomic E-state index is -1.05. The van der Waals surface area contributed by atoms with Crippen LogP contribution in [0, 0.1) is 6.92 Å². The Morgan fingerprint density at radius 1 is 1.03 bits per heavy atom. The number of carboxylic acids is 1. The lowest BCUT2D eigenvalue weighted by Crippen LogP contribution is -2.62. The zero-order chi connectivity index (χ0) is 26.4. The van der Waals surface area contributed by atoms with E-state index in [0.717, 1.165) is 11.1 Å². The highest BCUT2D eigenvalue weighted by atomic mass is 32.1. The first kappa shape index (κ1) is 26.1. The van der Waals surface area contributed by atoms with Crippen molar-refractivity contribution in [3.63, 3.8) is 0 Å². The van der Waals surface area contributed by atoms with Crippen molar-refractivity contribution in [2.75, 3.05) is 19.6 Å². The molecule has 3 amide bonds. The van der Waals surface area contributed by atoms with E-state index in [2.05, 4.69) is 5.32 Å². The van der Waals surface area contributed by atoms with Crippen LogP contribution in [-0.4, -0.2) is 64.3 Å². The van der Waals surface area contributed by atoms with Crippen molar-refractivity contribution in [3.05, 3.63) is 93.7 Å². The number of piperazine rings is 1. The molecule has 1 fully saturated rings. The van der Waals surface area contributed by atoms with Gasteiger partial charge in [-0.2, -0.15) is 0 Å². The van der Waals surface area contributed by atoms with Gasteiger partial charge >= 0.3 is 5.97 Å². The summed E-state index contributed by atoms with van der Waals surface area (Å²) < 4.78 is 0. The summed E-state index contributed by atoms with van der Waals surface area (Å²) in [6, 6.07) is 18.4. The molecule has 3 aromatic rings. The van der Waals surface area contributed by atoms with Crippen LogP contribution in [0.15, 0.2) is 72.1 Å². The van der Waals surface area contributed by atoms with Crippen molar-refractivity contribution in [1.29, 1.82) is 0 Å². The number of rotatable bonds is 8. The fraction of sp³-hybridized carbons (Fsp3) is 0.286. The third-order valence-electron chi connectivity index (χ3n) is 6.34. The maximum Gasteiger partial charge on any atom is 0.305 e. The predicted octanol–water partition coefficient (Wildman–Crippen LogP) is 3.28. The number of benzene rings is 2. The molecule has 2 heterocycles. The molecule has 2 aromatic carbocycles. The van der Waals surface area contributed by atoms with Crippen molar-refractivity contribution < 1.29 is 24.3 Å². The first-order chi connectivity index (χ1) is 17.8. The molecule has 1 aromatic heterocycles. The number of amides is 3. The van der Waals surface area contributed by atoms with Crippen molar-refractivity contribution in [3.8, 4) is 0 Å². The van der Waals surface area contributed by atoms with Crippen LogP contribution >= 0.6 is 11.3 Å². The Labute approximate surface area is 219 Å². The molecule has 8 nitrogen and oxygen atoms in total. The highest BCUT2D eigenvalue weighted by Crippen LogP contribution is 2.24. The fourth-order valence-corrected chi connectivity index (χ4v) is 5.26. The Morgan fingerprint density at radius 3 is 2.49 bits per heavy atom. The minimum Gasteiger partial charge on any atom is -0.481 e. The molecule has 2 N–H and O–H groups in total. The Kier molecular flexibility index (Phi) is 8.35. The number of carbonyl (C=O) groups is 4. The number of carbonyl (C=O) groups excluding carboxylic acids is 3. The third-order valence-corrected chi connectivity index (χ3v) is 7.32. The largest absolute Gasteiger partial charge is 0.481 e. The molecule has 0 saturated carbocycles. The van der Waals surface area contributed by atoms with Gasteiger partial charge in [0.15, 0.2) is 0 Å². The summed E-state index contributed by atoms with van der Waals surface area (Å²) in [7, 11) is 0. The van der Waals surface area contributed by atoms with Crippen LogP contribution in [0.2, 0.25) is 0 Å². The van der Waals surface area contributed by atoms with Crippen LogP contribution in [0.25, 0.3) is 0 Å². The first-order valence-electron chi connectivity index (χ1n) is 12.1. The lowest BCUT2D eigenvalue weighted by Gasteiger charge is -2.41. The Bertz CT molecular complexity index is 1260. The summed E-state index contributed by atoms with van der Waals surface area (Å²) in [4.78, 5) is 55.5. The fourth-order valence-electron chi connectivity index (χ4n) is 4.48. The van der Waals surface area contributed by atoms with Crippen molar-refractivity contribution >= 4 is 35.0 Å². The highest BCUT2D eigenvalue weighted by molar-refractivity contribution is 7.10. The molecule has 1 saturated heterocycles. The van der Waals surface area contributed by atoms with E-state index in [-0.39, 0.29) is 37.7 Å². The van der Waals surface area contributed by atoms with Crippen LogP contribution < -0.4 is 5.32 Å². The summed E-state index contributed by atoms with van der Waals surface area (Å²) in [5.74, 6) is -1.96. The molecule has 2 atom stereocenters. The molecule has 9 heteroatoms. The number of nitrogens with one attached hydrogen (secondary N) is 1. The molecule has 0 aliphatic carbocycles. The van der Waals surface area contributed by atoms with E-state index in [1.807, 2.05) is 54.8 Å². The molecule has 37 heavy (non-hydrogen) atoms. The molecule has 192 valence electrons. The van der Waals surface area contributed by atoms with Gasteiger partial charge in [0, 0.05) is 23.5 Å². The van der Waals surface area contributed by atoms with Crippen LogP contribution in [0.4, 0.5) is 0 Å². The van der Waals surface area contributed by atoms with E-state index in [4.69, 9.17) is 0 Å². The SMILES string of the molecule is Cc1cccc(C(=O)N2CCN(C(=O)Cc3ccccc3)C(C(=O)NC(CC(=O)O)c3cccs3)C2)c1. The zero-order valence-corrected chi connectivity index (χ0v) is 21.3. The van der Waals surface area contributed by atoms with Crippen LogP contribution in [-0.2, 0) is 20.8 Å². The van der Waals surface area contributed by atoms with Gasteiger partial charge in [0.05, 0.1) is 25.4 Å². The van der Waals surface area contributed by atoms with E-state index in [0.29, 0.717) is 17.0 Å². The Hall–Kier alpha value is -3.98. The second-order valence-corrected chi connectivity index (χ2v) is 10.0. The standard InChI is InChI=1S/C28H29N3O5S/c1-19-7-5-10-21(15-19)28(36)30-12-13-31(25(32)16-20-8-3-2-4-9-20)23(18-30)27(35)29-22(17-26(33)34)24-11-6-14-37-24/h2-11,14-15,22-23H,12-13,16-18H2,1H3,(H,29,35)(H,33,34). The van der Waals surface area contributed by atoms with Gasteiger partial charge in [0.1, 0.15) is 6.04 Å². The minimum absolute atomic E-state index is 0.0172. The van der Waals surface area contributed by atoms with Gasteiger partial charge in [-0.05, 0) is 36.1 Å². The first-order valence-corrected chi connectivity index (χ1v) is 12.9. The quantitative estimate of drug-likeness (QED) is 0.475. The maximum absolute atomic E-state index is 13.6. The van der Waals surface area contributed by atoms with Crippen LogP contribution in [0.1, 0.15) is 38.8 Å². The molecule has 4 rings (SSSR count). The molecule has 0 bridgehead atoms. The number of carboxylic acid groups (broad SMARTS) is 1. The summed E-state index contributed by atoms with van der Waals surface area (Å²) >= 11 is 1.35. The van der Waals surface area contributed by atoms with Gasteiger partial charge in [0.2, 0.25) is 11.8 Å². The zero-order valence-electron chi connectivity index (χ0n) is 20.5. The Balaban J connectivity index is 1.57. The second kappa shape index (κ2) is 11.8. The van der Waals surface area contributed by atoms with Crippen molar-refractivity contribution in [2.45, 2.75) is 31.8 Å². The molecule has 2 unspecified atom stereocenters.